The van der Waals surface area contributed by atoms with Crippen molar-refractivity contribution in [1.82, 2.24) is 4.90 Å². The fourth-order valence-electron chi connectivity index (χ4n) is 2.73. The number of fused-ring (bicyclic) bond motifs is 1. The second-order valence-corrected chi connectivity index (χ2v) is 5.95. The SMILES string of the molecule is COc1cc2c(cc1OC)CN(C(=O)C(C)CS)C(C(=O)O)C2. The van der Waals surface area contributed by atoms with E-state index >= 15 is 0 Å². The van der Waals surface area contributed by atoms with Crippen LogP contribution in [0.3, 0.4) is 0 Å². The van der Waals surface area contributed by atoms with Crippen LogP contribution < -0.4 is 9.47 Å². The summed E-state index contributed by atoms with van der Waals surface area (Å²) in [6, 6.07) is 2.71. The molecule has 1 heterocycles. The van der Waals surface area contributed by atoms with Crippen LogP contribution in [-0.2, 0) is 22.6 Å². The third-order valence-electron chi connectivity index (χ3n) is 4.10. The lowest BCUT2D eigenvalue weighted by molar-refractivity contribution is -0.152. The van der Waals surface area contributed by atoms with E-state index in [4.69, 9.17) is 9.47 Å². The predicted octanol–water partition coefficient (Wildman–Crippen LogP) is 1.61. The zero-order valence-corrected chi connectivity index (χ0v) is 14.3. The molecule has 126 valence electrons. The Morgan fingerprint density at radius 3 is 2.35 bits per heavy atom. The van der Waals surface area contributed by atoms with Gasteiger partial charge < -0.3 is 19.5 Å². The Balaban J connectivity index is 2.42. The topological polar surface area (TPSA) is 76.1 Å². The molecule has 2 rings (SSSR count). The van der Waals surface area contributed by atoms with E-state index in [0.29, 0.717) is 17.3 Å². The van der Waals surface area contributed by atoms with Crippen LogP contribution in [0, 0.1) is 5.92 Å². The number of hydrogen-bond acceptors (Lipinski definition) is 5. The molecule has 7 heteroatoms. The highest BCUT2D eigenvalue weighted by molar-refractivity contribution is 7.80. The molecule has 1 aromatic rings. The third kappa shape index (κ3) is 3.39. The van der Waals surface area contributed by atoms with Crippen molar-refractivity contribution in [2.45, 2.75) is 25.9 Å². The van der Waals surface area contributed by atoms with Gasteiger partial charge in [-0.3, -0.25) is 4.79 Å². The van der Waals surface area contributed by atoms with Crippen LogP contribution in [0.4, 0.5) is 0 Å². The molecule has 2 unspecified atom stereocenters. The van der Waals surface area contributed by atoms with Gasteiger partial charge in [-0.15, -0.1) is 0 Å². The fraction of sp³-hybridized carbons (Fsp3) is 0.500. The molecular formula is C16H21NO5S. The van der Waals surface area contributed by atoms with Crippen LogP contribution >= 0.6 is 12.6 Å². The molecule has 0 fully saturated rings. The maximum absolute atomic E-state index is 12.5. The summed E-state index contributed by atoms with van der Waals surface area (Å²) in [5.74, 6) is -0.0473. The summed E-state index contributed by atoms with van der Waals surface area (Å²) in [7, 11) is 3.07. The van der Waals surface area contributed by atoms with E-state index in [0.717, 1.165) is 11.1 Å². The number of carbonyl (C=O) groups is 2. The molecule has 23 heavy (non-hydrogen) atoms. The second-order valence-electron chi connectivity index (χ2n) is 5.58. The highest BCUT2D eigenvalue weighted by atomic mass is 32.1. The highest BCUT2D eigenvalue weighted by Gasteiger charge is 2.36. The first-order chi connectivity index (χ1) is 10.9. The smallest absolute Gasteiger partial charge is 0.326 e. The third-order valence-corrected chi connectivity index (χ3v) is 4.65. The summed E-state index contributed by atoms with van der Waals surface area (Å²) in [4.78, 5) is 25.5. The number of benzene rings is 1. The maximum Gasteiger partial charge on any atom is 0.326 e. The van der Waals surface area contributed by atoms with Crippen LogP contribution in [-0.4, -0.2) is 47.9 Å². The number of hydrogen-bond donors (Lipinski definition) is 2. The molecule has 1 N–H and O–H groups in total. The predicted molar refractivity (Wildman–Crippen MR) is 88.2 cm³/mol. The van der Waals surface area contributed by atoms with Crippen molar-refractivity contribution in [1.29, 1.82) is 0 Å². The first-order valence-corrected chi connectivity index (χ1v) is 7.94. The Bertz CT molecular complexity index is 619. The van der Waals surface area contributed by atoms with Crippen molar-refractivity contribution in [3.63, 3.8) is 0 Å². The molecule has 1 aliphatic heterocycles. The van der Waals surface area contributed by atoms with Crippen LogP contribution in [0.15, 0.2) is 12.1 Å². The quantitative estimate of drug-likeness (QED) is 0.797. The van der Waals surface area contributed by atoms with E-state index in [1.807, 2.05) is 0 Å². The Kier molecular flexibility index (Phi) is 5.41. The van der Waals surface area contributed by atoms with Gasteiger partial charge in [0.15, 0.2) is 11.5 Å². The van der Waals surface area contributed by atoms with Gasteiger partial charge in [-0.2, -0.15) is 12.6 Å². The average molecular weight is 339 g/mol. The molecule has 0 bridgehead atoms. The van der Waals surface area contributed by atoms with Crippen molar-refractivity contribution in [2.75, 3.05) is 20.0 Å². The van der Waals surface area contributed by atoms with E-state index in [9.17, 15) is 14.7 Å². The molecule has 6 nitrogen and oxygen atoms in total. The molecule has 1 aliphatic rings. The summed E-state index contributed by atoms with van der Waals surface area (Å²) >= 11 is 4.14. The second kappa shape index (κ2) is 7.12. The summed E-state index contributed by atoms with van der Waals surface area (Å²) in [6.45, 7) is 1.99. The summed E-state index contributed by atoms with van der Waals surface area (Å²) in [6.07, 6.45) is 0.246. The van der Waals surface area contributed by atoms with E-state index in [1.165, 1.54) is 12.0 Å². The van der Waals surface area contributed by atoms with Crippen LogP contribution in [0.2, 0.25) is 0 Å². The van der Waals surface area contributed by atoms with Gasteiger partial charge in [0.25, 0.3) is 0 Å². The van der Waals surface area contributed by atoms with Gasteiger partial charge in [-0.1, -0.05) is 6.92 Å². The largest absolute Gasteiger partial charge is 0.493 e. The first kappa shape index (κ1) is 17.5. The lowest BCUT2D eigenvalue weighted by Crippen LogP contribution is -2.50. The maximum atomic E-state index is 12.5. The van der Waals surface area contributed by atoms with E-state index in [2.05, 4.69) is 12.6 Å². The molecule has 0 saturated heterocycles. The van der Waals surface area contributed by atoms with Crippen LogP contribution in [0.1, 0.15) is 18.1 Å². The van der Waals surface area contributed by atoms with Crippen molar-refractivity contribution in [3.05, 3.63) is 23.3 Å². The van der Waals surface area contributed by atoms with Gasteiger partial charge in [0.1, 0.15) is 6.04 Å². The number of aliphatic carboxylic acids is 1. The molecule has 0 aromatic heterocycles. The summed E-state index contributed by atoms with van der Waals surface area (Å²) in [5.41, 5.74) is 1.73. The van der Waals surface area contributed by atoms with Gasteiger partial charge in [0.2, 0.25) is 5.91 Å². The highest BCUT2D eigenvalue weighted by Crippen LogP contribution is 2.35. The molecule has 1 aromatic carbocycles. The number of carboxylic acids is 1. The lowest BCUT2D eigenvalue weighted by Gasteiger charge is -2.36. The number of rotatable bonds is 5. The molecule has 0 aliphatic carbocycles. The van der Waals surface area contributed by atoms with Gasteiger partial charge in [0, 0.05) is 24.6 Å². The number of thiol groups is 1. The van der Waals surface area contributed by atoms with Gasteiger partial charge in [-0.05, 0) is 23.3 Å². The minimum absolute atomic E-state index is 0.201. The number of nitrogens with zero attached hydrogens (tertiary/aromatic N) is 1. The number of methoxy groups -OCH3 is 2. The zero-order chi connectivity index (χ0) is 17.1. The molecule has 1 amide bonds. The first-order valence-electron chi connectivity index (χ1n) is 7.30. The van der Waals surface area contributed by atoms with Gasteiger partial charge >= 0.3 is 5.97 Å². The van der Waals surface area contributed by atoms with E-state index < -0.39 is 12.0 Å². The molecule has 2 atom stereocenters. The van der Waals surface area contributed by atoms with E-state index in [1.54, 1.807) is 26.2 Å². The monoisotopic (exact) mass is 339 g/mol. The Morgan fingerprint density at radius 2 is 1.87 bits per heavy atom. The number of carbonyl (C=O) groups excluding carboxylic acids is 1. The summed E-state index contributed by atoms with van der Waals surface area (Å²) in [5, 5.41) is 9.50. The van der Waals surface area contributed by atoms with Crippen molar-refractivity contribution < 1.29 is 24.2 Å². The zero-order valence-electron chi connectivity index (χ0n) is 13.4. The lowest BCUT2D eigenvalue weighted by atomic mass is 9.92. The van der Waals surface area contributed by atoms with Crippen molar-refractivity contribution in [2.24, 2.45) is 5.92 Å². The molecular weight excluding hydrogens is 318 g/mol. The minimum Gasteiger partial charge on any atom is -0.493 e. The standard InChI is InChI=1S/C16H21NO5S/c1-9(8-23)15(18)17-7-11-6-14(22-3)13(21-2)5-10(11)4-12(17)16(19)20/h5-6,9,12,23H,4,7-8H2,1-3H3,(H,19,20). The molecule has 0 radical (unpaired) electrons. The number of ether oxygens (including phenoxy) is 2. The van der Waals surface area contributed by atoms with Crippen LogP contribution in [0.5, 0.6) is 11.5 Å². The molecule has 0 saturated carbocycles. The fourth-order valence-corrected chi connectivity index (χ4v) is 2.88. The van der Waals surface area contributed by atoms with E-state index in [-0.39, 0.29) is 24.8 Å². The van der Waals surface area contributed by atoms with Gasteiger partial charge in [-0.25, -0.2) is 4.79 Å². The average Bonchev–Trinajstić information content (AvgIpc) is 2.57. The van der Waals surface area contributed by atoms with Gasteiger partial charge in [0.05, 0.1) is 14.2 Å². The minimum atomic E-state index is -1.01. The van der Waals surface area contributed by atoms with Crippen molar-refractivity contribution in [3.8, 4) is 11.5 Å². The number of carboxylic acid groups (broad SMARTS) is 1. The summed E-state index contributed by atoms with van der Waals surface area (Å²) < 4.78 is 10.5. The molecule has 0 spiro atoms. The Hall–Kier alpha value is -1.89. The number of amides is 1. The Labute approximate surface area is 140 Å². The van der Waals surface area contributed by atoms with Crippen molar-refractivity contribution >= 4 is 24.5 Å². The normalized spacial score (nSPS) is 18.1. The Morgan fingerprint density at radius 1 is 1.30 bits per heavy atom. The van der Waals surface area contributed by atoms with Crippen LogP contribution in [0.25, 0.3) is 0 Å².